The van der Waals surface area contributed by atoms with E-state index in [0.29, 0.717) is 18.3 Å². The lowest BCUT2D eigenvalue weighted by Gasteiger charge is -2.04. The summed E-state index contributed by atoms with van der Waals surface area (Å²) >= 11 is 3.17. The Morgan fingerprint density at radius 2 is 1.87 bits per heavy atom. The summed E-state index contributed by atoms with van der Waals surface area (Å²) < 4.78 is 25.4. The summed E-state index contributed by atoms with van der Waals surface area (Å²) in [5, 5.41) is 0.636. The van der Waals surface area contributed by atoms with Crippen LogP contribution in [0.15, 0.2) is 30.3 Å². The topological polar surface area (TPSA) is 46.2 Å². The fourth-order valence-electron chi connectivity index (χ4n) is 1.16. The maximum atomic E-state index is 11.4. The fourth-order valence-corrected chi connectivity index (χ4v) is 2.69. The van der Waals surface area contributed by atoms with Gasteiger partial charge in [0.1, 0.15) is 0 Å². The summed E-state index contributed by atoms with van der Waals surface area (Å²) in [6.07, 6.45) is 0.554. The van der Waals surface area contributed by atoms with E-state index >= 15 is 0 Å². The Morgan fingerprint density at radius 3 is 2.47 bits per heavy atom. The molecule has 0 aliphatic heterocycles. The van der Waals surface area contributed by atoms with E-state index in [9.17, 15) is 8.42 Å². The molecule has 1 aromatic rings. The van der Waals surface area contributed by atoms with Gasteiger partial charge in [0.05, 0.1) is 5.75 Å². The molecule has 1 rings (SSSR count). The number of rotatable bonds is 6. The summed E-state index contributed by atoms with van der Waals surface area (Å²) in [6.45, 7) is 0.442. The molecule has 3 nitrogen and oxygen atoms in total. The van der Waals surface area contributed by atoms with Crippen molar-refractivity contribution < 1.29 is 8.42 Å². The zero-order valence-electron chi connectivity index (χ0n) is 8.32. The van der Waals surface area contributed by atoms with E-state index in [2.05, 4.69) is 20.7 Å². The van der Waals surface area contributed by atoms with E-state index in [-0.39, 0.29) is 5.75 Å². The minimum atomic E-state index is -3.12. The highest BCUT2D eigenvalue weighted by atomic mass is 79.9. The van der Waals surface area contributed by atoms with E-state index in [1.165, 1.54) is 0 Å². The van der Waals surface area contributed by atoms with Crippen molar-refractivity contribution >= 4 is 26.0 Å². The molecule has 0 spiro atoms. The fraction of sp³-hybridized carbons (Fsp3) is 0.400. The molecule has 0 bridgehead atoms. The largest absolute Gasteiger partial charge is 0.214 e. The molecule has 1 N–H and O–H groups in total. The highest BCUT2D eigenvalue weighted by molar-refractivity contribution is 9.09. The normalized spacial score (nSPS) is 11.5. The van der Waals surface area contributed by atoms with Crippen LogP contribution in [0.4, 0.5) is 0 Å². The molecule has 0 atom stereocenters. The van der Waals surface area contributed by atoms with Crippen LogP contribution in [0, 0.1) is 0 Å². The Balaban J connectivity index is 2.43. The van der Waals surface area contributed by atoms with Gasteiger partial charge in [-0.25, -0.2) is 13.1 Å². The van der Waals surface area contributed by atoms with Crippen molar-refractivity contribution in [3.05, 3.63) is 35.9 Å². The van der Waals surface area contributed by atoms with Gasteiger partial charge in [-0.15, -0.1) is 0 Å². The third-order valence-corrected chi connectivity index (χ3v) is 3.70. The van der Waals surface area contributed by atoms with E-state index in [1.54, 1.807) is 0 Å². The Kier molecular flexibility index (Phi) is 5.28. The molecular formula is C10H14BrNO2S. The molecule has 84 valence electrons. The van der Waals surface area contributed by atoms with E-state index in [0.717, 1.165) is 5.56 Å². The number of hydrogen-bond donors (Lipinski definition) is 1. The minimum absolute atomic E-state index is 0.143. The maximum Gasteiger partial charge on any atom is 0.211 e. The van der Waals surface area contributed by atoms with Gasteiger partial charge < -0.3 is 0 Å². The van der Waals surface area contributed by atoms with E-state index in [1.807, 2.05) is 30.3 Å². The molecule has 15 heavy (non-hydrogen) atoms. The highest BCUT2D eigenvalue weighted by Crippen LogP contribution is 2.01. The third kappa shape index (κ3) is 5.30. The number of nitrogens with one attached hydrogen (secondary N) is 1. The zero-order valence-corrected chi connectivity index (χ0v) is 10.7. The van der Waals surface area contributed by atoms with E-state index < -0.39 is 10.0 Å². The molecule has 0 unspecified atom stereocenters. The Labute approximate surface area is 99.1 Å². The molecule has 0 radical (unpaired) electrons. The van der Waals surface area contributed by atoms with Gasteiger partial charge in [-0.2, -0.15) is 0 Å². The van der Waals surface area contributed by atoms with E-state index in [4.69, 9.17) is 0 Å². The first-order valence-corrected chi connectivity index (χ1v) is 7.48. The average Bonchev–Trinajstić information content (AvgIpc) is 2.25. The Bertz CT molecular complexity index is 378. The van der Waals surface area contributed by atoms with Gasteiger partial charge in [-0.3, -0.25) is 0 Å². The monoisotopic (exact) mass is 291 g/mol. The molecule has 0 aromatic heterocycles. The Hall–Kier alpha value is -0.390. The summed E-state index contributed by atoms with van der Waals surface area (Å²) in [7, 11) is -3.12. The summed E-state index contributed by atoms with van der Waals surface area (Å²) in [5.41, 5.74) is 1.04. The van der Waals surface area contributed by atoms with Crippen molar-refractivity contribution in [1.29, 1.82) is 0 Å². The van der Waals surface area contributed by atoms with Crippen molar-refractivity contribution in [2.75, 3.05) is 17.6 Å². The van der Waals surface area contributed by atoms with Crippen molar-refractivity contribution in [2.45, 2.75) is 6.42 Å². The van der Waals surface area contributed by atoms with Gasteiger partial charge in [0, 0.05) is 11.9 Å². The quantitative estimate of drug-likeness (QED) is 0.809. The van der Waals surface area contributed by atoms with Crippen LogP contribution in [0.25, 0.3) is 0 Å². The van der Waals surface area contributed by atoms with Crippen molar-refractivity contribution in [3.8, 4) is 0 Å². The first kappa shape index (κ1) is 12.7. The first-order valence-electron chi connectivity index (χ1n) is 4.71. The van der Waals surface area contributed by atoms with Crippen LogP contribution in [-0.4, -0.2) is 26.0 Å². The second-order valence-electron chi connectivity index (χ2n) is 3.14. The molecule has 0 aliphatic rings. The standard InChI is InChI=1S/C10H14BrNO2S/c11-7-8-12-15(13,14)9-6-10-4-2-1-3-5-10/h1-5,12H,6-9H2. The van der Waals surface area contributed by atoms with Crippen LogP contribution in [0.5, 0.6) is 0 Å². The van der Waals surface area contributed by atoms with Gasteiger partial charge in [-0.05, 0) is 12.0 Å². The van der Waals surface area contributed by atoms with Gasteiger partial charge in [0.2, 0.25) is 10.0 Å². The number of sulfonamides is 1. The number of halogens is 1. The number of benzene rings is 1. The number of alkyl halides is 1. The van der Waals surface area contributed by atoms with Gasteiger partial charge >= 0.3 is 0 Å². The van der Waals surface area contributed by atoms with Crippen LogP contribution in [0.3, 0.4) is 0 Å². The maximum absolute atomic E-state index is 11.4. The second-order valence-corrected chi connectivity index (χ2v) is 5.86. The number of aryl methyl sites for hydroxylation is 1. The number of hydrogen-bond acceptors (Lipinski definition) is 2. The molecule has 0 fully saturated rings. The molecule has 1 aromatic carbocycles. The van der Waals surface area contributed by atoms with Gasteiger partial charge in [0.25, 0.3) is 0 Å². The van der Waals surface area contributed by atoms with Gasteiger partial charge in [0.15, 0.2) is 0 Å². The molecule has 0 aliphatic carbocycles. The molecule has 0 amide bonds. The molecular weight excluding hydrogens is 278 g/mol. The molecule has 0 saturated heterocycles. The SMILES string of the molecule is O=S(=O)(CCc1ccccc1)NCCBr. The summed E-state index contributed by atoms with van der Waals surface area (Å²) in [4.78, 5) is 0. The Morgan fingerprint density at radius 1 is 1.20 bits per heavy atom. The van der Waals surface area contributed by atoms with Crippen molar-refractivity contribution in [1.82, 2.24) is 4.72 Å². The van der Waals surface area contributed by atoms with Gasteiger partial charge in [-0.1, -0.05) is 46.3 Å². The summed E-state index contributed by atoms with van der Waals surface area (Å²) in [6, 6.07) is 9.60. The molecule has 0 heterocycles. The molecule has 0 saturated carbocycles. The minimum Gasteiger partial charge on any atom is -0.214 e. The lowest BCUT2D eigenvalue weighted by Crippen LogP contribution is -2.28. The lowest BCUT2D eigenvalue weighted by molar-refractivity contribution is 0.583. The van der Waals surface area contributed by atoms with Crippen LogP contribution < -0.4 is 4.72 Å². The predicted molar refractivity (Wildman–Crippen MR) is 65.7 cm³/mol. The lowest BCUT2D eigenvalue weighted by atomic mass is 10.2. The second kappa shape index (κ2) is 6.25. The first-order chi connectivity index (χ1) is 7.14. The van der Waals surface area contributed by atoms with Crippen molar-refractivity contribution in [3.63, 3.8) is 0 Å². The average molecular weight is 292 g/mol. The van der Waals surface area contributed by atoms with Crippen LogP contribution in [0.2, 0.25) is 0 Å². The highest BCUT2D eigenvalue weighted by Gasteiger charge is 2.08. The summed E-state index contributed by atoms with van der Waals surface area (Å²) in [5.74, 6) is 0.143. The van der Waals surface area contributed by atoms with Crippen LogP contribution in [-0.2, 0) is 16.4 Å². The smallest absolute Gasteiger partial charge is 0.211 e. The van der Waals surface area contributed by atoms with Crippen LogP contribution >= 0.6 is 15.9 Å². The zero-order chi connectivity index (χ0) is 11.1. The molecule has 5 heteroatoms. The predicted octanol–water partition coefficient (Wildman–Crippen LogP) is 1.54. The third-order valence-electron chi connectivity index (χ3n) is 1.92. The van der Waals surface area contributed by atoms with Crippen molar-refractivity contribution in [2.24, 2.45) is 0 Å². The van der Waals surface area contributed by atoms with Crippen LogP contribution in [0.1, 0.15) is 5.56 Å².